The van der Waals surface area contributed by atoms with Gasteiger partial charge in [0, 0.05) is 12.5 Å². The van der Waals surface area contributed by atoms with E-state index in [-0.39, 0.29) is 17.7 Å². The van der Waals surface area contributed by atoms with Crippen LogP contribution in [0.25, 0.3) is 0 Å². The average molecular weight is 388 g/mol. The molecule has 1 fully saturated rings. The van der Waals surface area contributed by atoms with Gasteiger partial charge in [0.05, 0.1) is 17.8 Å². The van der Waals surface area contributed by atoms with Crippen molar-refractivity contribution >= 4 is 23.5 Å². The van der Waals surface area contributed by atoms with Gasteiger partial charge in [-0.2, -0.15) is 0 Å². The molecule has 1 aliphatic rings. The molecule has 1 aromatic heterocycles. The number of amides is 1. The van der Waals surface area contributed by atoms with E-state index in [1.807, 2.05) is 23.7 Å². The van der Waals surface area contributed by atoms with Crippen LogP contribution in [-0.2, 0) is 4.79 Å². The van der Waals surface area contributed by atoms with Crippen molar-refractivity contribution in [3.05, 3.63) is 35.4 Å². The summed E-state index contributed by atoms with van der Waals surface area (Å²) in [7, 11) is 0. The predicted octanol–water partition coefficient (Wildman–Crippen LogP) is 3.35. The first-order valence-electron chi connectivity index (χ1n) is 9.35. The molecular weight excluding hydrogens is 362 g/mol. The lowest BCUT2D eigenvalue weighted by molar-refractivity contribution is -0.119. The van der Waals surface area contributed by atoms with E-state index < -0.39 is 0 Å². The van der Waals surface area contributed by atoms with Gasteiger partial charge >= 0.3 is 0 Å². The monoisotopic (exact) mass is 387 g/mol. The van der Waals surface area contributed by atoms with Crippen LogP contribution in [0, 0.1) is 0 Å². The number of carbonyl (C=O) groups is 2. The van der Waals surface area contributed by atoms with Gasteiger partial charge < -0.3 is 5.32 Å². The Hall–Kier alpha value is -2.22. The predicted molar refractivity (Wildman–Crippen MR) is 104 cm³/mol. The number of benzene rings is 1. The highest BCUT2D eigenvalue weighted by molar-refractivity contribution is 7.99. The number of tetrazole rings is 1. The van der Waals surface area contributed by atoms with Crippen molar-refractivity contribution in [3.8, 4) is 0 Å². The Morgan fingerprint density at radius 2 is 1.93 bits per heavy atom. The summed E-state index contributed by atoms with van der Waals surface area (Å²) in [6.07, 6.45) is 5.88. The quantitative estimate of drug-likeness (QED) is 0.579. The third-order valence-corrected chi connectivity index (χ3v) is 5.80. The van der Waals surface area contributed by atoms with Crippen molar-refractivity contribution in [1.29, 1.82) is 0 Å². The van der Waals surface area contributed by atoms with E-state index in [2.05, 4.69) is 20.8 Å². The molecule has 0 bridgehead atoms. The first-order chi connectivity index (χ1) is 13.0. The number of thioether (sulfide) groups is 1. The smallest absolute Gasteiger partial charge is 0.217 e. The zero-order chi connectivity index (χ0) is 19.2. The van der Waals surface area contributed by atoms with Gasteiger partial charge in [0.2, 0.25) is 11.1 Å². The van der Waals surface area contributed by atoms with Gasteiger partial charge in [0.1, 0.15) is 0 Å². The van der Waals surface area contributed by atoms with Gasteiger partial charge in [-0.05, 0) is 35.8 Å². The number of nitrogens with zero attached hydrogens (tertiary/aromatic N) is 4. The second kappa shape index (κ2) is 9.12. The second-order valence-electron chi connectivity index (χ2n) is 6.95. The van der Waals surface area contributed by atoms with Crippen LogP contribution in [0.5, 0.6) is 0 Å². The first kappa shape index (κ1) is 19.5. The van der Waals surface area contributed by atoms with Crippen molar-refractivity contribution < 1.29 is 9.59 Å². The zero-order valence-electron chi connectivity index (χ0n) is 15.7. The lowest BCUT2D eigenvalue weighted by Crippen LogP contribution is -2.23. The van der Waals surface area contributed by atoms with Gasteiger partial charge in [-0.25, -0.2) is 4.68 Å². The Bertz CT molecular complexity index is 784. The molecule has 2 aromatic rings. The molecule has 8 heteroatoms. The number of nitrogens with one attached hydrogen (secondary N) is 1. The fourth-order valence-corrected chi connectivity index (χ4v) is 4.23. The molecule has 1 saturated carbocycles. The van der Waals surface area contributed by atoms with Crippen molar-refractivity contribution in [2.24, 2.45) is 0 Å². The van der Waals surface area contributed by atoms with Gasteiger partial charge in [-0.3, -0.25) is 9.59 Å². The van der Waals surface area contributed by atoms with Gasteiger partial charge in [0.25, 0.3) is 0 Å². The minimum absolute atomic E-state index is 0.0388. The molecule has 7 nitrogen and oxygen atoms in total. The number of aromatic nitrogens is 4. The summed E-state index contributed by atoms with van der Waals surface area (Å²) in [6, 6.07) is 7.64. The molecule has 1 aliphatic carbocycles. The summed E-state index contributed by atoms with van der Waals surface area (Å²) in [5, 5.41) is 15.6. The van der Waals surface area contributed by atoms with Crippen LogP contribution in [0.2, 0.25) is 0 Å². The Balaban J connectivity index is 1.58. The summed E-state index contributed by atoms with van der Waals surface area (Å²) in [4.78, 5) is 23.7. The lowest BCUT2D eigenvalue weighted by atomic mass is 9.96. The van der Waals surface area contributed by atoms with Crippen molar-refractivity contribution in [2.75, 3.05) is 5.75 Å². The molecule has 0 spiro atoms. The fraction of sp³-hybridized carbons (Fsp3) is 0.526. The topological polar surface area (TPSA) is 89.8 Å². The molecule has 1 unspecified atom stereocenters. The van der Waals surface area contributed by atoms with Crippen LogP contribution in [0.1, 0.15) is 74.0 Å². The van der Waals surface area contributed by atoms with Crippen molar-refractivity contribution in [3.63, 3.8) is 0 Å². The molecule has 27 heavy (non-hydrogen) atoms. The molecular formula is C19H25N5O2S. The molecule has 3 rings (SSSR count). The van der Waals surface area contributed by atoms with E-state index in [0.29, 0.717) is 22.5 Å². The van der Waals surface area contributed by atoms with Crippen molar-refractivity contribution in [2.45, 2.75) is 63.2 Å². The Kier molecular flexibility index (Phi) is 6.60. The third-order valence-electron chi connectivity index (χ3n) is 4.87. The molecule has 0 radical (unpaired) electrons. The molecule has 1 N–H and O–H groups in total. The number of Topliss-reactive ketones (excluding diaryl/α,β-unsaturated/α-hetero) is 1. The molecule has 1 heterocycles. The van der Waals surface area contributed by atoms with Gasteiger partial charge in [-0.1, -0.05) is 55.3 Å². The molecule has 144 valence electrons. The summed E-state index contributed by atoms with van der Waals surface area (Å²) >= 11 is 1.39. The maximum Gasteiger partial charge on any atom is 0.217 e. The molecule has 0 saturated heterocycles. The van der Waals surface area contributed by atoms with E-state index in [9.17, 15) is 9.59 Å². The third kappa shape index (κ3) is 5.15. The van der Waals surface area contributed by atoms with E-state index in [0.717, 1.165) is 18.4 Å². The number of hydrogen-bond donors (Lipinski definition) is 1. The number of ketones is 1. The number of rotatable bonds is 7. The molecule has 1 aromatic carbocycles. The van der Waals surface area contributed by atoms with Crippen LogP contribution >= 0.6 is 11.8 Å². The Labute approximate surface area is 163 Å². The van der Waals surface area contributed by atoms with Crippen LogP contribution in [0.3, 0.4) is 0 Å². The highest BCUT2D eigenvalue weighted by Gasteiger charge is 2.21. The van der Waals surface area contributed by atoms with Crippen LogP contribution < -0.4 is 5.32 Å². The SMILES string of the molecule is CC(=O)NC(C)c1ccc(C(=O)CSc2nnnn2C2CCCCC2)cc1. The van der Waals surface area contributed by atoms with Gasteiger partial charge in [-0.15, -0.1) is 5.10 Å². The minimum Gasteiger partial charge on any atom is -0.350 e. The van der Waals surface area contributed by atoms with Crippen LogP contribution in [0.15, 0.2) is 29.4 Å². The largest absolute Gasteiger partial charge is 0.350 e. The molecule has 1 amide bonds. The molecule has 1 atom stereocenters. The fourth-order valence-electron chi connectivity index (χ4n) is 3.39. The summed E-state index contributed by atoms with van der Waals surface area (Å²) in [5.74, 6) is 0.264. The standard InChI is InChI=1S/C19H25N5O2S/c1-13(20-14(2)25)15-8-10-16(11-9-15)18(26)12-27-19-21-22-23-24(19)17-6-4-3-5-7-17/h8-11,13,17H,3-7,12H2,1-2H3,(H,20,25). The number of hydrogen-bond acceptors (Lipinski definition) is 6. The first-order valence-corrected chi connectivity index (χ1v) is 10.3. The maximum absolute atomic E-state index is 12.5. The van der Waals surface area contributed by atoms with Crippen molar-refractivity contribution in [1.82, 2.24) is 25.5 Å². The zero-order valence-corrected chi connectivity index (χ0v) is 16.5. The van der Waals surface area contributed by atoms with Crippen LogP contribution in [0.4, 0.5) is 0 Å². The second-order valence-corrected chi connectivity index (χ2v) is 7.90. The average Bonchev–Trinajstić information content (AvgIpc) is 3.15. The lowest BCUT2D eigenvalue weighted by Gasteiger charge is -2.21. The van der Waals surface area contributed by atoms with Crippen LogP contribution in [-0.4, -0.2) is 37.7 Å². The Morgan fingerprint density at radius 3 is 2.59 bits per heavy atom. The molecule has 0 aliphatic heterocycles. The van der Waals surface area contributed by atoms with Gasteiger partial charge in [0.15, 0.2) is 5.78 Å². The minimum atomic E-state index is -0.0823. The van der Waals surface area contributed by atoms with E-state index >= 15 is 0 Å². The summed E-state index contributed by atoms with van der Waals surface area (Å²) < 4.78 is 1.88. The Morgan fingerprint density at radius 1 is 1.22 bits per heavy atom. The van der Waals surface area contributed by atoms with E-state index in [1.54, 1.807) is 12.1 Å². The summed E-state index contributed by atoms with van der Waals surface area (Å²) in [5.41, 5.74) is 1.62. The number of carbonyl (C=O) groups excluding carboxylic acids is 2. The summed E-state index contributed by atoms with van der Waals surface area (Å²) in [6.45, 7) is 3.41. The highest BCUT2D eigenvalue weighted by Crippen LogP contribution is 2.30. The normalized spacial score (nSPS) is 16.1. The maximum atomic E-state index is 12.5. The highest BCUT2D eigenvalue weighted by atomic mass is 32.2. The van der Waals surface area contributed by atoms with E-state index in [4.69, 9.17) is 0 Å². The van der Waals surface area contributed by atoms with E-state index in [1.165, 1.54) is 37.9 Å².